The average molecular weight is 508 g/mol. The second-order valence-electron chi connectivity index (χ2n) is 9.01. The number of amides is 1. The van der Waals surface area contributed by atoms with Gasteiger partial charge in [-0.1, -0.05) is 56.1 Å². The number of hydrogen-bond donors (Lipinski definition) is 0. The van der Waals surface area contributed by atoms with E-state index in [0.717, 1.165) is 65.3 Å². The summed E-state index contributed by atoms with van der Waals surface area (Å²) in [5.41, 5.74) is 2.78. The van der Waals surface area contributed by atoms with Crippen LogP contribution in [-0.4, -0.2) is 55.4 Å². The van der Waals surface area contributed by atoms with Crippen molar-refractivity contribution in [2.24, 2.45) is 4.99 Å². The summed E-state index contributed by atoms with van der Waals surface area (Å²) in [6, 6.07) is 13.8. The first-order valence-electron chi connectivity index (χ1n) is 12.9. The Labute approximate surface area is 217 Å². The second-order valence-corrected chi connectivity index (χ2v) is 9.85. The fraction of sp³-hybridized carbons (Fsp3) is 0.429. The Bertz CT molecular complexity index is 1140. The summed E-state index contributed by atoms with van der Waals surface area (Å²) in [5.74, 6) is 2.28. The van der Waals surface area contributed by atoms with Crippen molar-refractivity contribution >= 4 is 34.2 Å². The van der Waals surface area contributed by atoms with Crippen LogP contribution in [0.25, 0.3) is 5.70 Å². The van der Waals surface area contributed by atoms with Crippen molar-refractivity contribution in [2.75, 3.05) is 44.4 Å². The molecule has 0 saturated carbocycles. The predicted octanol–water partition coefficient (Wildman–Crippen LogP) is 5.56. The molecule has 36 heavy (non-hydrogen) atoms. The van der Waals surface area contributed by atoms with Gasteiger partial charge in [-0.15, -0.1) is 0 Å². The highest BCUT2D eigenvalue weighted by atomic mass is 32.2. The monoisotopic (exact) mass is 507 g/mol. The van der Waals surface area contributed by atoms with Crippen LogP contribution < -0.4 is 19.1 Å². The zero-order chi connectivity index (χ0) is 24.7. The Morgan fingerprint density at radius 1 is 1.03 bits per heavy atom. The number of amidine groups is 1. The minimum Gasteiger partial charge on any atom is -0.494 e. The number of benzene rings is 2. The van der Waals surface area contributed by atoms with Gasteiger partial charge in [-0.25, -0.2) is 0 Å². The van der Waals surface area contributed by atoms with E-state index in [2.05, 4.69) is 28.3 Å². The minimum absolute atomic E-state index is 0.0259. The molecule has 2 aromatic carbocycles. The van der Waals surface area contributed by atoms with Crippen LogP contribution in [0.5, 0.6) is 17.2 Å². The van der Waals surface area contributed by atoms with Crippen LogP contribution in [0, 0.1) is 0 Å². The molecule has 0 fully saturated rings. The van der Waals surface area contributed by atoms with Gasteiger partial charge in [0.05, 0.1) is 31.1 Å². The Balaban J connectivity index is 1.36. The number of para-hydroxylation sites is 1. The maximum atomic E-state index is 13.0. The quantitative estimate of drug-likeness (QED) is 0.351. The number of aliphatic imine (C=N–C) groups is 1. The lowest BCUT2D eigenvalue weighted by atomic mass is 10.1. The third-order valence-electron chi connectivity index (χ3n) is 6.42. The van der Waals surface area contributed by atoms with Crippen LogP contribution in [-0.2, 0) is 4.79 Å². The third-order valence-corrected chi connectivity index (χ3v) is 7.32. The van der Waals surface area contributed by atoms with Crippen molar-refractivity contribution in [3.63, 3.8) is 0 Å². The second kappa shape index (κ2) is 11.7. The molecule has 0 atom stereocenters. The Morgan fingerprint density at radius 2 is 1.86 bits per heavy atom. The van der Waals surface area contributed by atoms with Gasteiger partial charge in [0.25, 0.3) is 5.91 Å². The molecule has 0 N–H and O–H groups in total. The third kappa shape index (κ3) is 5.48. The van der Waals surface area contributed by atoms with Crippen molar-refractivity contribution in [3.8, 4) is 17.2 Å². The first-order valence-corrected chi connectivity index (χ1v) is 13.7. The molecule has 0 radical (unpaired) electrons. The van der Waals surface area contributed by atoms with E-state index in [1.54, 1.807) is 11.8 Å². The average Bonchev–Trinajstić information content (AvgIpc) is 3.52. The summed E-state index contributed by atoms with van der Waals surface area (Å²) in [5, 5.41) is 3.14. The van der Waals surface area contributed by atoms with Crippen molar-refractivity contribution in [1.82, 2.24) is 4.90 Å². The molecule has 3 aliphatic rings. The van der Waals surface area contributed by atoms with E-state index in [0.29, 0.717) is 26.2 Å². The minimum atomic E-state index is -0.0496. The van der Waals surface area contributed by atoms with Crippen LogP contribution in [0.15, 0.2) is 52.9 Å². The van der Waals surface area contributed by atoms with Crippen LogP contribution in [0.4, 0.5) is 5.69 Å². The highest BCUT2D eigenvalue weighted by Crippen LogP contribution is 2.46. The van der Waals surface area contributed by atoms with Gasteiger partial charge in [0.15, 0.2) is 17.5 Å². The van der Waals surface area contributed by atoms with Gasteiger partial charge in [-0.3, -0.25) is 9.79 Å². The largest absolute Gasteiger partial charge is 0.494 e. The number of ether oxygens (including phenoxy) is 3. The van der Waals surface area contributed by atoms with E-state index in [9.17, 15) is 4.79 Å². The molecule has 0 bridgehead atoms. The maximum Gasteiger partial charge on any atom is 0.265 e. The normalized spacial score (nSPS) is 16.3. The lowest BCUT2D eigenvalue weighted by molar-refractivity contribution is -0.121. The smallest absolute Gasteiger partial charge is 0.265 e. The molecule has 1 amide bonds. The number of carbonyl (C=O) groups excluding carboxylic acids is 1. The topological polar surface area (TPSA) is 63.6 Å². The van der Waals surface area contributed by atoms with E-state index in [4.69, 9.17) is 14.2 Å². The Kier molecular flexibility index (Phi) is 8.01. The van der Waals surface area contributed by atoms with Crippen LogP contribution in [0.2, 0.25) is 0 Å². The first-order chi connectivity index (χ1) is 17.7. The summed E-state index contributed by atoms with van der Waals surface area (Å²) in [6.45, 7) is 5.61. The molecular weight excluding hydrogens is 474 g/mol. The SMILES string of the molecule is CCCCCCOc1cc(C2=CSC3=NCCN23)c2c(c1)N(CCCOc1ccccc1)C(=O)CO2. The summed E-state index contributed by atoms with van der Waals surface area (Å²) >= 11 is 1.64. The van der Waals surface area contributed by atoms with Crippen molar-refractivity contribution in [1.29, 1.82) is 0 Å². The number of nitrogens with zero attached hydrogens (tertiary/aromatic N) is 3. The van der Waals surface area contributed by atoms with Gasteiger partial charge < -0.3 is 24.0 Å². The number of rotatable bonds is 12. The van der Waals surface area contributed by atoms with Crippen LogP contribution in [0.1, 0.15) is 44.6 Å². The Morgan fingerprint density at radius 3 is 2.72 bits per heavy atom. The van der Waals surface area contributed by atoms with Gasteiger partial charge in [-0.2, -0.15) is 0 Å². The molecule has 0 aliphatic carbocycles. The molecule has 2 aromatic rings. The molecule has 7 nitrogen and oxygen atoms in total. The zero-order valence-corrected chi connectivity index (χ0v) is 21.6. The van der Waals surface area contributed by atoms with Gasteiger partial charge in [0.1, 0.15) is 11.5 Å². The summed E-state index contributed by atoms with van der Waals surface area (Å²) in [4.78, 5) is 21.6. The van der Waals surface area contributed by atoms with Crippen molar-refractivity contribution in [2.45, 2.75) is 39.0 Å². The number of carbonyl (C=O) groups is 1. The lowest BCUT2D eigenvalue weighted by Crippen LogP contribution is -2.40. The highest BCUT2D eigenvalue weighted by molar-refractivity contribution is 8.16. The van der Waals surface area contributed by atoms with E-state index in [1.165, 1.54) is 12.8 Å². The van der Waals surface area contributed by atoms with Gasteiger partial charge in [0, 0.05) is 30.1 Å². The number of fused-ring (bicyclic) bond motifs is 2. The summed E-state index contributed by atoms with van der Waals surface area (Å²) in [6.07, 6.45) is 5.27. The summed E-state index contributed by atoms with van der Waals surface area (Å²) < 4.78 is 18.1. The molecule has 190 valence electrons. The fourth-order valence-electron chi connectivity index (χ4n) is 4.59. The predicted molar refractivity (Wildman–Crippen MR) is 145 cm³/mol. The molecule has 3 aliphatic heterocycles. The number of thioether (sulfide) groups is 1. The van der Waals surface area contributed by atoms with E-state index in [-0.39, 0.29) is 12.5 Å². The number of hydrogen-bond acceptors (Lipinski definition) is 7. The lowest BCUT2D eigenvalue weighted by Gasteiger charge is -2.32. The van der Waals surface area contributed by atoms with Crippen molar-refractivity contribution < 1.29 is 19.0 Å². The van der Waals surface area contributed by atoms with E-state index >= 15 is 0 Å². The van der Waals surface area contributed by atoms with Crippen LogP contribution >= 0.6 is 11.8 Å². The first kappa shape index (κ1) is 24.6. The molecule has 3 heterocycles. The maximum absolute atomic E-state index is 13.0. The molecule has 0 aromatic heterocycles. The summed E-state index contributed by atoms with van der Waals surface area (Å²) in [7, 11) is 0. The Hall–Kier alpha value is -3.13. The molecule has 8 heteroatoms. The van der Waals surface area contributed by atoms with Crippen molar-refractivity contribution in [3.05, 3.63) is 53.4 Å². The standard InChI is InChI=1S/C28H33N3O4S/c1-2-3-4-8-15-34-22-17-23(25-20-36-28-29-12-14-31(25)28)27-24(18-22)30(26(32)19-35-27)13-9-16-33-21-10-6-5-7-11-21/h5-7,10-11,17-18,20H,2-4,8-9,12-16,19H2,1H3. The molecular formula is C28H33N3O4S. The van der Waals surface area contributed by atoms with Gasteiger partial charge >= 0.3 is 0 Å². The molecule has 5 rings (SSSR count). The zero-order valence-electron chi connectivity index (χ0n) is 20.8. The highest BCUT2D eigenvalue weighted by Gasteiger charge is 2.34. The van der Waals surface area contributed by atoms with Gasteiger partial charge in [0.2, 0.25) is 0 Å². The molecule has 0 saturated heterocycles. The van der Waals surface area contributed by atoms with Crippen LogP contribution in [0.3, 0.4) is 0 Å². The van der Waals surface area contributed by atoms with E-state index in [1.807, 2.05) is 41.3 Å². The van der Waals surface area contributed by atoms with E-state index < -0.39 is 0 Å². The number of anilines is 1. The molecule has 0 spiro atoms. The number of unbranched alkanes of at least 4 members (excludes halogenated alkanes) is 3. The fourth-order valence-corrected chi connectivity index (χ4v) is 5.54. The van der Waals surface area contributed by atoms with Gasteiger partial charge in [-0.05, 0) is 31.0 Å². The molecule has 0 unspecified atom stereocenters.